The number of hydrogen-bond donors (Lipinski definition) is 1. The number of fused-ring (bicyclic) bond motifs is 1. The molecule has 1 N–H and O–H groups in total. The van der Waals surface area contributed by atoms with Crippen molar-refractivity contribution in [3.05, 3.63) is 51.1 Å². The van der Waals surface area contributed by atoms with Crippen molar-refractivity contribution in [3.63, 3.8) is 0 Å². The van der Waals surface area contributed by atoms with Gasteiger partial charge in [0, 0.05) is 12.7 Å². The largest absolute Gasteiger partial charge is 0.494 e. The van der Waals surface area contributed by atoms with Crippen LogP contribution in [0.1, 0.15) is 21.9 Å². The van der Waals surface area contributed by atoms with Crippen LogP contribution in [-0.4, -0.2) is 39.9 Å². The second kappa shape index (κ2) is 6.40. The first-order chi connectivity index (χ1) is 11.5. The summed E-state index contributed by atoms with van der Waals surface area (Å²) in [6, 6.07) is 3.46. The van der Waals surface area contributed by atoms with Gasteiger partial charge in [-0.2, -0.15) is 0 Å². The Morgan fingerprint density at radius 1 is 1.46 bits per heavy atom. The third kappa shape index (κ3) is 3.00. The second-order valence-corrected chi connectivity index (χ2v) is 6.25. The molecule has 0 atom stereocenters. The number of pyridine rings is 1. The van der Waals surface area contributed by atoms with Crippen LogP contribution in [0.3, 0.4) is 0 Å². The van der Waals surface area contributed by atoms with Gasteiger partial charge < -0.3 is 14.6 Å². The summed E-state index contributed by atoms with van der Waals surface area (Å²) in [5.74, 6) is 0.615. The maximum absolute atomic E-state index is 12.7. The zero-order valence-corrected chi connectivity index (χ0v) is 14.3. The van der Waals surface area contributed by atoms with Crippen molar-refractivity contribution in [2.24, 2.45) is 0 Å². The minimum Gasteiger partial charge on any atom is -0.494 e. The third-order valence-corrected chi connectivity index (χ3v) is 4.45. The molecular formula is C16H16N4O3S. The maximum Gasteiger partial charge on any atom is 0.268 e. The van der Waals surface area contributed by atoms with Gasteiger partial charge in [0.15, 0.2) is 0 Å². The van der Waals surface area contributed by atoms with Gasteiger partial charge in [-0.05, 0) is 24.4 Å². The van der Waals surface area contributed by atoms with Crippen LogP contribution < -0.4 is 10.3 Å². The van der Waals surface area contributed by atoms with E-state index in [1.165, 1.54) is 29.5 Å². The SMILES string of the molecule is COc1cnc(C)cc1C(=O)N(C)Cc1nc2ccsc2c(=O)[nH]1. The lowest BCUT2D eigenvalue weighted by molar-refractivity contribution is 0.0778. The van der Waals surface area contributed by atoms with Gasteiger partial charge in [-0.15, -0.1) is 11.3 Å². The normalized spacial score (nSPS) is 10.8. The number of carbonyl (C=O) groups is 1. The summed E-state index contributed by atoms with van der Waals surface area (Å²) in [5.41, 5.74) is 1.59. The maximum atomic E-state index is 12.7. The van der Waals surface area contributed by atoms with Crippen LogP contribution in [0.15, 0.2) is 28.5 Å². The summed E-state index contributed by atoms with van der Waals surface area (Å²) >= 11 is 1.34. The van der Waals surface area contributed by atoms with Crippen LogP contribution >= 0.6 is 11.3 Å². The van der Waals surface area contributed by atoms with E-state index in [4.69, 9.17) is 4.74 Å². The fraction of sp³-hybridized carbons (Fsp3) is 0.250. The van der Waals surface area contributed by atoms with Crippen molar-refractivity contribution in [1.29, 1.82) is 0 Å². The summed E-state index contributed by atoms with van der Waals surface area (Å²) < 4.78 is 5.79. The summed E-state index contributed by atoms with van der Waals surface area (Å²) in [4.78, 5) is 37.4. The van der Waals surface area contributed by atoms with Crippen molar-refractivity contribution in [3.8, 4) is 5.75 Å². The van der Waals surface area contributed by atoms with Crippen molar-refractivity contribution < 1.29 is 9.53 Å². The molecule has 0 saturated carbocycles. The van der Waals surface area contributed by atoms with Crippen LogP contribution in [0.4, 0.5) is 0 Å². The fourth-order valence-electron chi connectivity index (χ4n) is 2.38. The zero-order valence-electron chi connectivity index (χ0n) is 13.5. The van der Waals surface area contributed by atoms with Gasteiger partial charge in [0.05, 0.1) is 30.9 Å². The summed E-state index contributed by atoms with van der Waals surface area (Å²) in [7, 11) is 3.14. The van der Waals surface area contributed by atoms with E-state index in [1.54, 1.807) is 26.1 Å². The van der Waals surface area contributed by atoms with E-state index in [0.717, 1.165) is 5.69 Å². The smallest absolute Gasteiger partial charge is 0.268 e. The number of H-pyrrole nitrogens is 1. The highest BCUT2D eigenvalue weighted by molar-refractivity contribution is 7.17. The number of hydrogen-bond acceptors (Lipinski definition) is 6. The Kier molecular flexibility index (Phi) is 4.30. The van der Waals surface area contributed by atoms with E-state index >= 15 is 0 Å². The average Bonchev–Trinajstić information content (AvgIpc) is 3.03. The van der Waals surface area contributed by atoms with Gasteiger partial charge in [0.2, 0.25) is 0 Å². The van der Waals surface area contributed by atoms with Gasteiger partial charge in [0.25, 0.3) is 11.5 Å². The highest BCUT2D eigenvalue weighted by atomic mass is 32.1. The molecule has 1 amide bonds. The van der Waals surface area contributed by atoms with Crippen molar-refractivity contribution in [2.75, 3.05) is 14.2 Å². The first-order valence-electron chi connectivity index (χ1n) is 7.22. The number of nitrogens with one attached hydrogen (secondary N) is 1. The lowest BCUT2D eigenvalue weighted by Crippen LogP contribution is -2.28. The van der Waals surface area contributed by atoms with E-state index in [9.17, 15) is 9.59 Å². The minimum absolute atomic E-state index is 0.185. The molecule has 3 aromatic heterocycles. The molecule has 0 unspecified atom stereocenters. The number of ether oxygens (including phenoxy) is 1. The zero-order chi connectivity index (χ0) is 17.3. The number of aromatic nitrogens is 3. The Morgan fingerprint density at radius 3 is 3.00 bits per heavy atom. The number of amides is 1. The Bertz CT molecular complexity index is 963. The molecule has 24 heavy (non-hydrogen) atoms. The van der Waals surface area contributed by atoms with Crippen LogP contribution in [0.2, 0.25) is 0 Å². The van der Waals surface area contributed by atoms with Crippen molar-refractivity contribution in [2.45, 2.75) is 13.5 Å². The second-order valence-electron chi connectivity index (χ2n) is 5.33. The third-order valence-electron chi connectivity index (χ3n) is 3.55. The Morgan fingerprint density at radius 2 is 2.25 bits per heavy atom. The van der Waals surface area contributed by atoms with E-state index in [-0.39, 0.29) is 18.0 Å². The standard InChI is InChI=1S/C16H16N4O3S/c1-9-6-10(12(23-3)7-17-9)16(22)20(2)8-13-18-11-4-5-24-14(11)15(21)19-13/h4-7H,8H2,1-3H3,(H,18,19,21). The molecular weight excluding hydrogens is 328 g/mol. The van der Waals surface area contributed by atoms with E-state index < -0.39 is 0 Å². The molecule has 0 radical (unpaired) electrons. The summed E-state index contributed by atoms with van der Waals surface area (Å²) in [6.45, 7) is 1.99. The molecule has 0 aliphatic heterocycles. The molecule has 3 rings (SSSR count). The molecule has 3 aromatic rings. The van der Waals surface area contributed by atoms with Gasteiger partial charge in [0.1, 0.15) is 16.3 Å². The monoisotopic (exact) mass is 344 g/mol. The van der Waals surface area contributed by atoms with Gasteiger partial charge in [-0.1, -0.05) is 0 Å². The number of aromatic amines is 1. The fourth-order valence-corrected chi connectivity index (χ4v) is 3.10. The average molecular weight is 344 g/mol. The van der Waals surface area contributed by atoms with Crippen LogP contribution in [-0.2, 0) is 6.54 Å². The summed E-state index contributed by atoms with van der Waals surface area (Å²) in [6.07, 6.45) is 1.52. The predicted octanol–water partition coefficient (Wildman–Crippen LogP) is 1.97. The lowest BCUT2D eigenvalue weighted by Gasteiger charge is -2.18. The van der Waals surface area contributed by atoms with E-state index in [1.807, 2.05) is 5.38 Å². The number of aryl methyl sites for hydroxylation is 1. The number of thiophene rings is 1. The van der Waals surface area contributed by atoms with E-state index in [0.29, 0.717) is 27.4 Å². The topological polar surface area (TPSA) is 88.2 Å². The highest BCUT2D eigenvalue weighted by Gasteiger charge is 2.18. The van der Waals surface area contributed by atoms with E-state index in [2.05, 4.69) is 15.0 Å². The lowest BCUT2D eigenvalue weighted by atomic mass is 10.2. The first-order valence-corrected chi connectivity index (χ1v) is 8.10. The predicted molar refractivity (Wildman–Crippen MR) is 91.6 cm³/mol. The molecule has 7 nitrogen and oxygen atoms in total. The molecule has 3 heterocycles. The van der Waals surface area contributed by atoms with Crippen molar-refractivity contribution >= 4 is 27.5 Å². The molecule has 0 fully saturated rings. The van der Waals surface area contributed by atoms with Gasteiger partial charge in [-0.25, -0.2) is 4.98 Å². The van der Waals surface area contributed by atoms with Crippen molar-refractivity contribution in [1.82, 2.24) is 19.9 Å². The number of carbonyl (C=O) groups excluding carboxylic acids is 1. The molecule has 8 heteroatoms. The van der Waals surface area contributed by atoms with Crippen LogP contribution in [0, 0.1) is 6.92 Å². The quantitative estimate of drug-likeness (QED) is 0.782. The molecule has 0 aliphatic rings. The molecule has 0 saturated heterocycles. The molecule has 0 aromatic carbocycles. The number of nitrogens with zero attached hydrogens (tertiary/aromatic N) is 3. The minimum atomic E-state index is -0.231. The Labute approximate surface area is 141 Å². The molecule has 0 spiro atoms. The highest BCUT2D eigenvalue weighted by Crippen LogP contribution is 2.20. The first kappa shape index (κ1) is 16.1. The molecule has 0 aliphatic carbocycles. The van der Waals surface area contributed by atoms with Crippen LogP contribution in [0.25, 0.3) is 10.2 Å². The van der Waals surface area contributed by atoms with Gasteiger partial charge >= 0.3 is 0 Å². The molecule has 0 bridgehead atoms. The molecule has 124 valence electrons. The summed E-state index contributed by atoms with van der Waals surface area (Å²) in [5, 5.41) is 1.82. The number of methoxy groups -OCH3 is 1. The Balaban J connectivity index is 1.88. The van der Waals surface area contributed by atoms with Crippen LogP contribution in [0.5, 0.6) is 5.75 Å². The number of rotatable bonds is 4. The Hall–Kier alpha value is -2.74. The van der Waals surface area contributed by atoms with Gasteiger partial charge in [-0.3, -0.25) is 14.6 Å².